The fourth-order valence-corrected chi connectivity index (χ4v) is 2.09. The number of hydrogen-bond acceptors (Lipinski definition) is 2. The van der Waals surface area contributed by atoms with Crippen molar-refractivity contribution < 1.29 is 14.7 Å². The van der Waals surface area contributed by atoms with Crippen molar-refractivity contribution in [2.45, 2.75) is 40.5 Å². The molecule has 0 saturated heterocycles. The van der Waals surface area contributed by atoms with E-state index in [9.17, 15) is 9.59 Å². The Morgan fingerprint density at radius 1 is 1.24 bits per heavy atom. The molecule has 21 heavy (non-hydrogen) atoms. The molecule has 0 aliphatic carbocycles. The fraction of sp³-hybridized carbons (Fsp3) is 0.529. The van der Waals surface area contributed by atoms with Gasteiger partial charge in [0.25, 0.3) is 5.91 Å². The molecule has 4 heteroatoms. The number of aryl methyl sites for hydroxylation is 2. The van der Waals surface area contributed by atoms with Crippen LogP contribution < -0.4 is 0 Å². The Bertz CT molecular complexity index is 511. The van der Waals surface area contributed by atoms with E-state index in [2.05, 4.69) is 6.92 Å². The number of amides is 1. The lowest BCUT2D eigenvalue weighted by atomic mass is 10.0. The van der Waals surface area contributed by atoms with Crippen LogP contribution in [-0.2, 0) is 4.79 Å². The van der Waals surface area contributed by atoms with Crippen molar-refractivity contribution in [2.24, 2.45) is 5.92 Å². The average Bonchev–Trinajstić information content (AvgIpc) is 2.45. The van der Waals surface area contributed by atoms with Gasteiger partial charge in [-0.1, -0.05) is 26.3 Å². The molecule has 1 N–H and O–H groups in total. The first-order chi connectivity index (χ1) is 9.86. The summed E-state index contributed by atoms with van der Waals surface area (Å²) in [7, 11) is 0. The van der Waals surface area contributed by atoms with Gasteiger partial charge in [0, 0.05) is 18.7 Å². The van der Waals surface area contributed by atoms with Crippen LogP contribution in [0.1, 0.15) is 48.2 Å². The van der Waals surface area contributed by atoms with Gasteiger partial charge >= 0.3 is 5.97 Å². The van der Waals surface area contributed by atoms with Gasteiger partial charge in [0.1, 0.15) is 0 Å². The Morgan fingerprint density at radius 2 is 1.90 bits per heavy atom. The van der Waals surface area contributed by atoms with Crippen molar-refractivity contribution in [1.29, 1.82) is 0 Å². The summed E-state index contributed by atoms with van der Waals surface area (Å²) < 4.78 is 0. The van der Waals surface area contributed by atoms with E-state index in [0.29, 0.717) is 12.1 Å². The van der Waals surface area contributed by atoms with E-state index in [1.54, 1.807) is 11.8 Å². The van der Waals surface area contributed by atoms with Gasteiger partial charge in [0.05, 0.1) is 5.92 Å². The molecule has 1 rings (SSSR count). The van der Waals surface area contributed by atoms with E-state index in [4.69, 9.17) is 5.11 Å². The predicted octanol–water partition coefficient (Wildman–Crippen LogP) is 3.27. The fourth-order valence-electron chi connectivity index (χ4n) is 2.09. The second-order valence-corrected chi connectivity index (χ2v) is 5.64. The zero-order chi connectivity index (χ0) is 16.0. The topological polar surface area (TPSA) is 57.6 Å². The smallest absolute Gasteiger partial charge is 0.308 e. The zero-order valence-corrected chi connectivity index (χ0v) is 13.3. The lowest BCUT2D eigenvalue weighted by Crippen LogP contribution is -2.37. The lowest BCUT2D eigenvalue weighted by Gasteiger charge is -2.24. The first-order valence-corrected chi connectivity index (χ1v) is 7.46. The molecule has 0 saturated carbocycles. The molecule has 0 radical (unpaired) electrons. The summed E-state index contributed by atoms with van der Waals surface area (Å²) in [5, 5.41) is 9.05. The maximum absolute atomic E-state index is 12.6. The molecule has 1 aromatic rings. The normalized spacial score (nSPS) is 12.0. The number of carbonyl (C=O) groups excluding carboxylic acids is 1. The largest absolute Gasteiger partial charge is 0.481 e. The van der Waals surface area contributed by atoms with E-state index in [1.165, 1.54) is 0 Å². The molecule has 0 aliphatic rings. The highest BCUT2D eigenvalue weighted by Gasteiger charge is 2.21. The number of carboxylic acid groups (broad SMARTS) is 1. The minimum Gasteiger partial charge on any atom is -0.481 e. The van der Waals surface area contributed by atoms with Crippen molar-refractivity contribution in [1.82, 2.24) is 4.90 Å². The average molecular weight is 291 g/mol. The molecule has 0 heterocycles. The van der Waals surface area contributed by atoms with E-state index in [1.807, 2.05) is 32.0 Å². The Labute approximate surface area is 126 Å². The molecular formula is C17H25NO3. The molecule has 1 unspecified atom stereocenters. The second kappa shape index (κ2) is 7.81. The van der Waals surface area contributed by atoms with Crippen LogP contribution in [0.25, 0.3) is 0 Å². The van der Waals surface area contributed by atoms with Crippen LogP contribution in [0.2, 0.25) is 0 Å². The van der Waals surface area contributed by atoms with Crippen molar-refractivity contribution >= 4 is 11.9 Å². The Morgan fingerprint density at radius 3 is 2.43 bits per heavy atom. The van der Waals surface area contributed by atoms with Crippen molar-refractivity contribution in [3.63, 3.8) is 0 Å². The summed E-state index contributed by atoms with van der Waals surface area (Å²) in [6, 6.07) is 5.62. The number of hydrogen-bond donors (Lipinski definition) is 1. The summed E-state index contributed by atoms with van der Waals surface area (Å²) in [4.78, 5) is 25.3. The van der Waals surface area contributed by atoms with Gasteiger partial charge in [-0.3, -0.25) is 9.59 Å². The molecule has 1 atom stereocenters. The van der Waals surface area contributed by atoms with Crippen LogP contribution in [0.15, 0.2) is 18.2 Å². The molecule has 1 amide bonds. The first-order valence-electron chi connectivity index (χ1n) is 7.46. The Hall–Kier alpha value is -1.84. The molecular weight excluding hydrogens is 266 g/mol. The zero-order valence-electron chi connectivity index (χ0n) is 13.3. The van der Waals surface area contributed by atoms with Gasteiger partial charge in [-0.2, -0.15) is 0 Å². The first kappa shape index (κ1) is 17.2. The van der Waals surface area contributed by atoms with Crippen molar-refractivity contribution in [3.8, 4) is 0 Å². The maximum Gasteiger partial charge on any atom is 0.308 e. The summed E-state index contributed by atoms with van der Waals surface area (Å²) in [5.41, 5.74) is 2.85. The number of benzene rings is 1. The van der Waals surface area contributed by atoms with Gasteiger partial charge in [0.15, 0.2) is 0 Å². The van der Waals surface area contributed by atoms with Gasteiger partial charge in [-0.05, 0) is 43.5 Å². The third-order valence-corrected chi connectivity index (χ3v) is 3.74. The maximum atomic E-state index is 12.6. The minimum atomic E-state index is -0.871. The molecule has 1 aromatic carbocycles. The third kappa shape index (κ3) is 4.88. The third-order valence-electron chi connectivity index (χ3n) is 3.74. The Kier molecular flexibility index (Phi) is 6.40. The highest BCUT2D eigenvalue weighted by atomic mass is 16.4. The molecule has 0 aromatic heterocycles. The van der Waals surface area contributed by atoms with Crippen LogP contribution in [0.3, 0.4) is 0 Å². The van der Waals surface area contributed by atoms with Crippen LogP contribution >= 0.6 is 0 Å². The van der Waals surface area contributed by atoms with Gasteiger partial charge < -0.3 is 10.0 Å². The van der Waals surface area contributed by atoms with Crippen LogP contribution in [0, 0.1) is 19.8 Å². The van der Waals surface area contributed by atoms with Crippen LogP contribution in [0.5, 0.6) is 0 Å². The van der Waals surface area contributed by atoms with Crippen molar-refractivity contribution in [2.75, 3.05) is 13.1 Å². The molecule has 4 nitrogen and oxygen atoms in total. The summed E-state index contributed by atoms with van der Waals surface area (Å²) in [6.07, 6.45) is 1.85. The number of carbonyl (C=O) groups is 2. The van der Waals surface area contributed by atoms with Crippen LogP contribution in [-0.4, -0.2) is 35.0 Å². The van der Waals surface area contributed by atoms with Crippen LogP contribution in [0.4, 0.5) is 0 Å². The predicted molar refractivity (Wildman–Crippen MR) is 83.5 cm³/mol. The number of carboxylic acids is 1. The lowest BCUT2D eigenvalue weighted by molar-refractivity contribution is -0.141. The molecule has 0 spiro atoms. The number of nitrogens with zero attached hydrogens (tertiary/aromatic N) is 1. The summed E-state index contributed by atoms with van der Waals surface area (Å²) in [5.74, 6) is -1.51. The highest BCUT2D eigenvalue weighted by Crippen LogP contribution is 2.14. The molecule has 0 fully saturated rings. The highest BCUT2D eigenvalue weighted by molar-refractivity contribution is 5.94. The van der Waals surface area contributed by atoms with E-state index >= 15 is 0 Å². The van der Waals surface area contributed by atoms with Crippen molar-refractivity contribution in [3.05, 3.63) is 34.9 Å². The SMILES string of the molecule is CCCCN(CC(C)C(=O)O)C(=O)c1ccc(C)c(C)c1. The Balaban J connectivity index is 2.92. The number of unbranched alkanes of at least 4 members (excludes halogenated alkanes) is 1. The molecule has 116 valence electrons. The summed E-state index contributed by atoms with van der Waals surface area (Å²) >= 11 is 0. The number of rotatable bonds is 7. The monoisotopic (exact) mass is 291 g/mol. The quantitative estimate of drug-likeness (QED) is 0.839. The van der Waals surface area contributed by atoms with Gasteiger partial charge in [0.2, 0.25) is 0 Å². The summed E-state index contributed by atoms with van der Waals surface area (Å²) in [6.45, 7) is 8.52. The van der Waals surface area contributed by atoms with E-state index in [-0.39, 0.29) is 12.5 Å². The number of aliphatic carboxylic acids is 1. The van der Waals surface area contributed by atoms with Gasteiger partial charge in [-0.15, -0.1) is 0 Å². The molecule has 0 bridgehead atoms. The second-order valence-electron chi connectivity index (χ2n) is 5.64. The minimum absolute atomic E-state index is 0.0837. The molecule has 0 aliphatic heterocycles. The van der Waals surface area contributed by atoms with E-state index in [0.717, 1.165) is 24.0 Å². The van der Waals surface area contributed by atoms with E-state index < -0.39 is 11.9 Å². The van der Waals surface area contributed by atoms with Gasteiger partial charge in [-0.25, -0.2) is 0 Å². The standard InChI is InChI=1S/C17H25NO3/c1-5-6-9-18(11-14(4)17(20)21)16(19)15-8-7-12(2)13(3)10-15/h7-8,10,14H,5-6,9,11H2,1-4H3,(H,20,21).